The summed E-state index contributed by atoms with van der Waals surface area (Å²) in [6.45, 7) is 5.88. The molecule has 4 rings (SSSR count). The summed E-state index contributed by atoms with van der Waals surface area (Å²) < 4.78 is 4.70. The lowest BCUT2D eigenvalue weighted by Crippen LogP contribution is -2.34. The number of rotatable bonds is 3. The second kappa shape index (κ2) is 5.89. The zero-order valence-electron chi connectivity index (χ0n) is 14.1. The number of benzene rings is 1. The molecule has 0 atom stereocenters. The van der Waals surface area contributed by atoms with E-state index in [1.165, 1.54) is 54.6 Å². The maximum Gasteiger partial charge on any atom is 0.0489 e. The predicted octanol–water partition coefficient (Wildman–Crippen LogP) is 4.30. The van der Waals surface area contributed by atoms with Crippen molar-refractivity contribution < 1.29 is 0 Å². The quantitative estimate of drug-likeness (QED) is 0.703. The number of nitrogens with zero attached hydrogens (tertiary/aromatic N) is 3. The predicted molar refractivity (Wildman–Crippen MR) is 96.7 cm³/mol. The molecule has 3 aromatic rings. The van der Waals surface area contributed by atoms with Crippen molar-refractivity contribution in [3.05, 3.63) is 48.8 Å². The van der Waals surface area contributed by atoms with E-state index in [2.05, 4.69) is 76.8 Å². The van der Waals surface area contributed by atoms with Crippen molar-refractivity contribution in [1.82, 2.24) is 14.0 Å². The van der Waals surface area contributed by atoms with Gasteiger partial charge in [-0.3, -0.25) is 0 Å². The molecule has 0 saturated carbocycles. The summed E-state index contributed by atoms with van der Waals surface area (Å²) in [5.41, 5.74) is 3.95. The molecule has 1 saturated heterocycles. The van der Waals surface area contributed by atoms with Crippen molar-refractivity contribution in [3.8, 4) is 11.3 Å². The van der Waals surface area contributed by atoms with Gasteiger partial charge in [0.05, 0.1) is 0 Å². The Balaban J connectivity index is 1.70. The third kappa shape index (κ3) is 2.59. The fourth-order valence-electron chi connectivity index (χ4n) is 3.90. The Hall–Kier alpha value is -2.00. The second-order valence-corrected chi connectivity index (χ2v) is 6.67. The standard InChI is InChI=1S/C20H25N3/c1-3-22-12-9-18(10-13-22)23-14-8-16-6-7-17(15-20(16)23)19-5-4-11-21(19)2/h4-8,11,14-15,18H,3,9-10,12-13H2,1-2H3. The van der Waals surface area contributed by atoms with E-state index < -0.39 is 0 Å². The zero-order chi connectivity index (χ0) is 15.8. The van der Waals surface area contributed by atoms with Crippen molar-refractivity contribution in [3.63, 3.8) is 0 Å². The van der Waals surface area contributed by atoms with E-state index in [0.29, 0.717) is 6.04 Å². The molecule has 0 bridgehead atoms. The summed E-state index contributed by atoms with van der Waals surface area (Å²) in [6.07, 6.45) is 6.91. The van der Waals surface area contributed by atoms with Gasteiger partial charge in [0.25, 0.3) is 0 Å². The summed E-state index contributed by atoms with van der Waals surface area (Å²) in [5.74, 6) is 0. The zero-order valence-corrected chi connectivity index (χ0v) is 14.1. The lowest BCUT2D eigenvalue weighted by atomic mass is 10.0. The average Bonchev–Trinajstić information content (AvgIpc) is 3.20. The molecule has 3 heteroatoms. The fourth-order valence-corrected chi connectivity index (χ4v) is 3.90. The normalized spacial score (nSPS) is 17.1. The van der Waals surface area contributed by atoms with Gasteiger partial charge in [-0.25, -0.2) is 0 Å². The molecule has 1 aliphatic heterocycles. The minimum absolute atomic E-state index is 0.638. The number of likely N-dealkylation sites (tertiary alicyclic amines) is 1. The Bertz CT molecular complexity index is 803. The monoisotopic (exact) mass is 307 g/mol. The van der Waals surface area contributed by atoms with Crippen molar-refractivity contribution in [1.29, 1.82) is 0 Å². The van der Waals surface area contributed by atoms with Gasteiger partial charge in [-0.15, -0.1) is 0 Å². The van der Waals surface area contributed by atoms with Crippen LogP contribution < -0.4 is 0 Å². The van der Waals surface area contributed by atoms with Crippen LogP contribution in [0.3, 0.4) is 0 Å². The molecule has 3 heterocycles. The Morgan fingerprint density at radius 1 is 1.04 bits per heavy atom. The highest BCUT2D eigenvalue weighted by Gasteiger charge is 2.20. The van der Waals surface area contributed by atoms with E-state index in [4.69, 9.17) is 0 Å². The first-order chi connectivity index (χ1) is 11.3. The first-order valence-corrected chi connectivity index (χ1v) is 8.71. The van der Waals surface area contributed by atoms with E-state index in [-0.39, 0.29) is 0 Å². The van der Waals surface area contributed by atoms with Gasteiger partial charge in [-0.2, -0.15) is 0 Å². The van der Waals surface area contributed by atoms with E-state index >= 15 is 0 Å². The smallest absolute Gasteiger partial charge is 0.0489 e. The van der Waals surface area contributed by atoms with Crippen LogP contribution in [0.2, 0.25) is 0 Å². The number of piperidine rings is 1. The van der Waals surface area contributed by atoms with Crippen molar-refractivity contribution in [2.75, 3.05) is 19.6 Å². The Morgan fingerprint density at radius 2 is 1.87 bits per heavy atom. The molecule has 120 valence electrons. The maximum atomic E-state index is 2.55. The van der Waals surface area contributed by atoms with E-state index in [1.807, 2.05) is 0 Å². The second-order valence-electron chi connectivity index (χ2n) is 6.67. The minimum Gasteiger partial charge on any atom is -0.351 e. The van der Waals surface area contributed by atoms with Gasteiger partial charge in [0.2, 0.25) is 0 Å². The van der Waals surface area contributed by atoms with Crippen LogP contribution in [-0.2, 0) is 7.05 Å². The number of aryl methyl sites for hydroxylation is 1. The van der Waals surface area contributed by atoms with Gasteiger partial charge >= 0.3 is 0 Å². The van der Waals surface area contributed by atoms with Gasteiger partial charge < -0.3 is 14.0 Å². The number of hydrogen-bond acceptors (Lipinski definition) is 1. The molecule has 0 amide bonds. The molecule has 23 heavy (non-hydrogen) atoms. The van der Waals surface area contributed by atoms with Gasteiger partial charge in [-0.05, 0) is 49.0 Å². The van der Waals surface area contributed by atoms with Crippen LogP contribution in [0.25, 0.3) is 22.2 Å². The molecule has 2 aromatic heterocycles. The van der Waals surface area contributed by atoms with Gasteiger partial charge in [-0.1, -0.05) is 19.1 Å². The van der Waals surface area contributed by atoms with Gasteiger partial charge in [0, 0.05) is 55.3 Å². The van der Waals surface area contributed by atoms with Crippen molar-refractivity contribution >= 4 is 10.9 Å². The minimum atomic E-state index is 0.638. The van der Waals surface area contributed by atoms with Gasteiger partial charge in [0.15, 0.2) is 0 Å². The molecule has 0 radical (unpaired) electrons. The molecule has 1 aliphatic rings. The fraction of sp³-hybridized carbons (Fsp3) is 0.400. The lowest BCUT2D eigenvalue weighted by Gasteiger charge is -2.32. The summed E-state index contributed by atoms with van der Waals surface area (Å²) >= 11 is 0. The number of aromatic nitrogens is 2. The van der Waals surface area contributed by atoms with Crippen molar-refractivity contribution in [2.45, 2.75) is 25.8 Å². The highest BCUT2D eigenvalue weighted by atomic mass is 15.1. The van der Waals surface area contributed by atoms with E-state index in [0.717, 1.165) is 0 Å². The van der Waals surface area contributed by atoms with Crippen LogP contribution in [0.5, 0.6) is 0 Å². The molecular weight excluding hydrogens is 282 g/mol. The van der Waals surface area contributed by atoms with Crippen molar-refractivity contribution in [2.24, 2.45) is 7.05 Å². The Morgan fingerprint density at radius 3 is 2.57 bits per heavy atom. The topological polar surface area (TPSA) is 13.1 Å². The summed E-state index contributed by atoms with van der Waals surface area (Å²) in [7, 11) is 2.11. The number of hydrogen-bond donors (Lipinski definition) is 0. The molecule has 0 aliphatic carbocycles. The SMILES string of the molecule is CCN1CCC(n2ccc3ccc(-c4cccn4C)cc32)CC1. The van der Waals surface area contributed by atoms with E-state index in [9.17, 15) is 0 Å². The van der Waals surface area contributed by atoms with Gasteiger partial charge in [0.1, 0.15) is 0 Å². The summed E-state index contributed by atoms with van der Waals surface area (Å²) in [4.78, 5) is 2.55. The first-order valence-electron chi connectivity index (χ1n) is 8.71. The van der Waals surface area contributed by atoms with Crippen LogP contribution in [0.15, 0.2) is 48.8 Å². The molecule has 0 spiro atoms. The van der Waals surface area contributed by atoms with Crippen LogP contribution in [0.4, 0.5) is 0 Å². The van der Waals surface area contributed by atoms with Crippen LogP contribution in [-0.4, -0.2) is 33.7 Å². The highest BCUT2D eigenvalue weighted by molar-refractivity contribution is 5.85. The third-order valence-electron chi connectivity index (χ3n) is 5.36. The lowest BCUT2D eigenvalue weighted by molar-refractivity contribution is 0.197. The molecule has 1 aromatic carbocycles. The summed E-state index contributed by atoms with van der Waals surface area (Å²) in [6, 6.07) is 14.1. The molecular formula is C20H25N3. The van der Waals surface area contributed by atoms with Crippen LogP contribution >= 0.6 is 0 Å². The largest absolute Gasteiger partial charge is 0.351 e. The Kier molecular flexibility index (Phi) is 3.74. The van der Waals surface area contributed by atoms with E-state index in [1.54, 1.807) is 0 Å². The summed E-state index contributed by atoms with van der Waals surface area (Å²) in [5, 5.41) is 1.35. The molecule has 0 N–H and O–H groups in total. The van der Waals surface area contributed by atoms with Crippen LogP contribution in [0, 0.1) is 0 Å². The molecule has 1 fully saturated rings. The average molecular weight is 307 g/mol. The molecule has 3 nitrogen and oxygen atoms in total. The highest BCUT2D eigenvalue weighted by Crippen LogP contribution is 2.30. The maximum absolute atomic E-state index is 2.55. The Labute approximate surface area is 138 Å². The number of fused-ring (bicyclic) bond motifs is 1. The first kappa shape index (κ1) is 14.6. The third-order valence-corrected chi connectivity index (χ3v) is 5.36. The molecule has 0 unspecified atom stereocenters. The van der Waals surface area contributed by atoms with Crippen LogP contribution in [0.1, 0.15) is 25.8 Å².